The molecule has 0 spiro atoms. The minimum atomic E-state index is -0.346. The first kappa shape index (κ1) is 14.9. The average molecular weight is 272 g/mol. The van der Waals surface area contributed by atoms with E-state index in [1.54, 1.807) is 0 Å². The van der Waals surface area contributed by atoms with Gasteiger partial charge in [-0.3, -0.25) is 0 Å². The molecule has 5 nitrogen and oxygen atoms in total. The summed E-state index contributed by atoms with van der Waals surface area (Å²) in [4.78, 5) is 15.8. The van der Waals surface area contributed by atoms with Crippen LogP contribution in [0.25, 0.3) is 0 Å². The lowest BCUT2D eigenvalue weighted by molar-refractivity contribution is 0.0606. The van der Waals surface area contributed by atoms with E-state index in [-0.39, 0.29) is 5.97 Å². The van der Waals surface area contributed by atoms with Crippen LogP contribution in [0.5, 0.6) is 0 Å². The van der Waals surface area contributed by atoms with Crippen LogP contribution in [0.1, 0.15) is 29.9 Å². The van der Waals surface area contributed by atoms with Gasteiger partial charge in [0.15, 0.2) is 5.13 Å². The predicted molar refractivity (Wildman–Crippen MR) is 72.2 cm³/mol. The van der Waals surface area contributed by atoms with Gasteiger partial charge >= 0.3 is 5.97 Å². The Hall–Kier alpha value is -1.14. The second-order valence-electron chi connectivity index (χ2n) is 4.27. The molecule has 0 aliphatic carbocycles. The first-order valence-corrected chi connectivity index (χ1v) is 6.81. The number of thiazole rings is 1. The van der Waals surface area contributed by atoms with Crippen LogP contribution in [-0.2, 0) is 9.47 Å². The van der Waals surface area contributed by atoms with Crippen molar-refractivity contribution in [1.82, 2.24) is 4.98 Å². The molecule has 0 amide bonds. The van der Waals surface area contributed by atoms with E-state index in [1.807, 2.05) is 0 Å². The fourth-order valence-electron chi connectivity index (χ4n) is 1.24. The van der Waals surface area contributed by atoms with Crippen molar-refractivity contribution in [2.75, 3.05) is 32.2 Å². The van der Waals surface area contributed by atoms with Crippen molar-refractivity contribution < 1.29 is 14.3 Å². The third kappa shape index (κ3) is 5.46. The summed E-state index contributed by atoms with van der Waals surface area (Å²) in [7, 11) is 1.36. The van der Waals surface area contributed by atoms with E-state index in [0.717, 1.165) is 31.3 Å². The summed E-state index contributed by atoms with van der Waals surface area (Å²) in [5, 5.41) is 3.89. The monoisotopic (exact) mass is 272 g/mol. The Morgan fingerprint density at radius 3 is 3.00 bits per heavy atom. The van der Waals surface area contributed by atoms with Crippen molar-refractivity contribution >= 4 is 22.4 Å². The molecule has 6 heteroatoms. The zero-order chi connectivity index (χ0) is 13.4. The minimum Gasteiger partial charge on any atom is -0.465 e. The van der Waals surface area contributed by atoms with Crippen LogP contribution in [0, 0.1) is 5.92 Å². The smallest absolute Gasteiger partial charge is 0.349 e. The first-order chi connectivity index (χ1) is 8.63. The highest BCUT2D eigenvalue weighted by Crippen LogP contribution is 2.18. The molecule has 0 aliphatic rings. The molecule has 1 heterocycles. The van der Waals surface area contributed by atoms with Crippen LogP contribution in [0.15, 0.2) is 6.20 Å². The Morgan fingerprint density at radius 2 is 2.33 bits per heavy atom. The van der Waals surface area contributed by atoms with Crippen LogP contribution in [0.3, 0.4) is 0 Å². The Kier molecular flexibility index (Phi) is 6.67. The summed E-state index contributed by atoms with van der Waals surface area (Å²) >= 11 is 1.30. The number of ether oxygens (including phenoxy) is 2. The second kappa shape index (κ2) is 8.05. The number of anilines is 1. The summed E-state index contributed by atoms with van der Waals surface area (Å²) in [5.74, 6) is 0.223. The van der Waals surface area contributed by atoms with E-state index >= 15 is 0 Å². The van der Waals surface area contributed by atoms with Crippen LogP contribution < -0.4 is 5.32 Å². The Bertz CT molecular complexity index is 366. The molecule has 0 aliphatic heterocycles. The summed E-state index contributed by atoms with van der Waals surface area (Å²) in [5.41, 5.74) is 0. The summed E-state index contributed by atoms with van der Waals surface area (Å²) in [6, 6.07) is 0. The van der Waals surface area contributed by atoms with E-state index in [9.17, 15) is 4.79 Å². The van der Waals surface area contributed by atoms with Gasteiger partial charge in [0.2, 0.25) is 0 Å². The maximum atomic E-state index is 11.2. The highest BCUT2D eigenvalue weighted by molar-refractivity contribution is 7.17. The maximum absolute atomic E-state index is 11.2. The number of rotatable bonds is 8. The number of hydrogen-bond acceptors (Lipinski definition) is 6. The van der Waals surface area contributed by atoms with E-state index in [4.69, 9.17) is 4.74 Å². The highest BCUT2D eigenvalue weighted by Gasteiger charge is 2.09. The lowest BCUT2D eigenvalue weighted by Gasteiger charge is -2.06. The molecular formula is C12H20N2O3S. The van der Waals surface area contributed by atoms with E-state index in [0.29, 0.717) is 10.8 Å². The van der Waals surface area contributed by atoms with Gasteiger partial charge in [0.25, 0.3) is 0 Å². The van der Waals surface area contributed by atoms with Gasteiger partial charge in [-0.25, -0.2) is 9.78 Å². The quantitative estimate of drug-likeness (QED) is 0.581. The molecule has 1 aromatic heterocycles. The van der Waals surface area contributed by atoms with Crippen molar-refractivity contribution in [2.24, 2.45) is 5.92 Å². The third-order valence-electron chi connectivity index (χ3n) is 2.09. The minimum absolute atomic E-state index is 0.346. The molecule has 1 rings (SSSR count). The van der Waals surface area contributed by atoms with Gasteiger partial charge in [0.1, 0.15) is 4.88 Å². The molecule has 0 atom stereocenters. The molecule has 1 N–H and O–H groups in total. The average Bonchev–Trinajstić information content (AvgIpc) is 2.81. The van der Waals surface area contributed by atoms with Gasteiger partial charge in [-0.1, -0.05) is 25.2 Å². The van der Waals surface area contributed by atoms with Crippen LogP contribution in [0.2, 0.25) is 0 Å². The van der Waals surface area contributed by atoms with Crippen molar-refractivity contribution in [2.45, 2.75) is 20.3 Å². The Balaban J connectivity index is 2.16. The number of esters is 1. The zero-order valence-electron chi connectivity index (χ0n) is 11.1. The van der Waals surface area contributed by atoms with Crippen molar-refractivity contribution in [3.63, 3.8) is 0 Å². The third-order valence-corrected chi connectivity index (χ3v) is 3.02. The van der Waals surface area contributed by atoms with E-state index in [2.05, 4.69) is 28.9 Å². The molecule has 1 aromatic rings. The molecule has 18 heavy (non-hydrogen) atoms. The van der Waals surface area contributed by atoms with Crippen LogP contribution in [-0.4, -0.2) is 37.8 Å². The number of aromatic nitrogens is 1. The normalized spacial score (nSPS) is 10.7. The van der Waals surface area contributed by atoms with Crippen LogP contribution >= 0.6 is 11.3 Å². The van der Waals surface area contributed by atoms with Gasteiger partial charge in [0, 0.05) is 19.8 Å². The van der Waals surface area contributed by atoms with Gasteiger partial charge in [-0.15, -0.1) is 0 Å². The van der Waals surface area contributed by atoms with Gasteiger partial charge < -0.3 is 14.8 Å². The lowest BCUT2D eigenvalue weighted by Crippen LogP contribution is -2.08. The largest absolute Gasteiger partial charge is 0.465 e. The molecule has 0 fully saturated rings. The molecular weight excluding hydrogens is 252 g/mol. The molecule has 0 radical (unpaired) electrons. The second-order valence-corrected chi connectivity index (χ2v) is 5.30. The van der Waals surface area contributed by atoms with Crippen molar-refractivity contribution in [3.8, 4) is 0 Å². The maximum Gasteiger partial charge on any atom is 0.349 e. The van der Waals surface area contributed by atoms with E-state index in [1.165, 1.54) is 24.6 Å². The van der Waals surface area contributed by atoms with Gasteiger partial charge in [-0.05, 0) is 12.3 Å². The lowest BCUT2D eigenvalue weighted by atomic mass is 10.2. The molecule has 0 bridgehead atoms. The molecule has 0 aromatic carbocycles. The summed E-state index contributed by atoms with van der Waals surface area (Å²) < 4.78 is 10.1. The highest BCUT2D eigenvalue weighted by atomic mass is 32.1. The van der Waals surface area contributed by atoms with Crippen molar-refractivity contribution in [3.05, 3.63) is 11.1 Å². The van der Waals surface area contributed by atoms with Gasteiger partial charge in [-0.2, -0.15) is 0 Å². The zero-order valence-corrected chi connectivity index (χ0v) is 11.9. The standard InChI is InChI=1S/C12H20N2O3S/c1-9(2)8-17-6-4-5-13-12-14-7-10(18-12)11(15)16-3/h7,9H,4-6,8H2,1-3H3,(H,13,14). The number of methoxy groups -OCH3 is 1. The Labute approximate surface area is 112 Å². The number of nitrogens with one attached hydrogen (secondary N) is 1. The molecule has 102 valence electrons. The van der Waals surface area contributed by atoms with Gasteiger partial charge in [0.05, 0.1) is 13.3 Å². The topological polar surface area (TPSA) is 60.5 Å². The number of nitrogens with zero attached hydrogens (tertiary/aromatic N) is 1. The van der Waals surface area contributed by atoms with Crippen LogP contribution in [0.4, 0.5) is 5.13 Å². The number of carbonyl (C=O) groups is 1. The predicted octanol–water partition coefficient (Wildman–Crippen LogP) is 2.40. The number of carbonyl (C=O) groups excluding carboxylic acids is 1. The first-order valence-electron chi connectivity index (χ1n) is 5.99. The molecule has 0 unspecified atom stereocenters. The van der Waals surface area contributed by atoms with Crippen molar-refractivity contribution in [1.29, 1.82) is 0 Å². The fourth-order valence-corrected chi connectivity index (χ4v) is 2.00. The SMILES string of the molecule is COC(=O)c1cnc(NCCCOCC(C)C)s1. The summed E-state index contributed by atoms with van der Waals surface area (Å²) in [6.45, 7) is 6.57. The Morgan fingerprint density at radius 1 is 1.56 bits per heavy atom. The number of hydrogen-bond donors (Lipinski definition) is 1. The molecule has 0 saturated heterocycles. The summed E-state index contributed by atoms with van der Waals surface area (Å²) in [6.07, 6.45) is 2.44. The fraction of sp³-hybridized carbons (Fsp3) is 0.667. The van der Waals surface area contributed by atoms with E-state index < -0.39 is 0 Å². The molecule has 0 saturated carbocycles.